The Labute approximate surface area is 96.8 Å². The van der Waals surface area contributed by atoms with Crippen molar-refractivity contribution in [3.63, 3.8) is 0 Å². The van der Waals surface area contributed by atoms with Crippen molar-refractivity contribution in [1.29, 1.82) is 0 Å². The third-order valence-corrected chi connectivity index (χ3v) is 2.08. The zero-order valence-corrected chi connectivity index (χ0v) is 9.20. The molecule has 1 N–H and O–H groups in total. The van der Waals surface area contributed by atoms with Crippen LogP contribution < -0.4 is 4.74 Å². The number of halogens is 3. The summed E-state index contributed by atoms with van der Waals surface area (Å²) in [4.78, 5) is 0. The van der Waals surface area contributed by atoms with E-state index in [0.717, 1.165) is 0 Å². The maximum Gasteiger partial charge on any atom is 0.416 e. The Balaban J connectivity index is 2.35. The van der Waals surface area contributed by atoms with Gasteiger partial charge in [-0.25, -0.2) is 0 Å². The molecule has 96 valence electrons. The van der Waals surface area contributed by atoms with Gasteiger partial charge in [0.1, 0.15) is 5.75 Å². The van der Waals surface area contributed by atoms with Crippen molar-refractivity contribution in [3.05, 3.63) is 29.8 Å². The molecule has 0 aromatic heterocycles. The van der Waals surface area contributed by atoms with Gasteiger partial charge in [0.15, 0.2) is 6.10 Å². The fourth-order valence-corrected chi connectivity index (χ4v) is 1.10. The minimum atomic E-state index is -4.64. The van der Waals surface area contributed by atoms with Crippen LogP contribution in [0.3, 0.4) is 0 Å². The van der Waals surface area contributed by atoms with Crippen LogP contribution in [0, 0.1) is 0 Å². The van der Waals surface area contributed by atoms with Gasteiger partial charge in [-0.1, -0.05) is 12.1 Å². The van der Waals surface area contributed by atoms with Gasteiger partial charge in [0.25, 0.3) is 0 Å². The van der Waals surface area contributed by atoms with E-state index >= 15 is 0 Å². The highest BCUT2D eigenvalue weighted by atomic mass is 19.4. The Hall–Kier alpha value is -1.27. The average molecular weight is 250 g/mol. The minimum absolute atomic E-state index is 0.0110. The standard InChI is InChI=1S/C11H13F3O3/c1-16-9-4-2-8(3-5-9)6-17-7-10(15)11(12,13)14/h2-5,10,15H,6-7H2,1H3/t10-/m1/s1. The lowest BCUT2D eigenvalue weighted by atomic mass is 10.2. The topological polar surface area (TPSA) is 38.7 Å². The van der Waals surface area contributed by atoms with Gasteiger partial charge in [-0.3, -0.25) is 0 Å². The Bertz CT molecular complexity index is 335. The van der Waals surface area contributed by atoms with Crippen molar-refractivity contribution >= 4 is 0 Å². The van der Waals surface area contributed by atoms with Gasteiger partial charge in [0, 0.05) is 0 Å². The molecule has 0 spiro atoms. The molecule has 0 fully saturated rings. The number of rotatable bonds is 5. The van der Waals surface area contributed by atoms with Crippen molar-refractivity contribution in [2.45, 2.75) is 18.9 Å². The van der Waals surface area contributed by atoms with Gasteiger partial charge >= 0.3 is 6.18 Å². The van der Waals surface area contributed by atoms with E-state index in [9.17, 15) is 13.2 Å². The van der Waals surface area contributed by atoms with E-state index in [1.165, 1.54) is 7.11 Å². The summed E-state index contributed by atoms with van der Waals surface area (Å²) >= 11 is 0. The van der Waals surface area contributed by atoms with Crippen LogP contribution >= 0.6 is 0 Å². The highest BCUT2D eigenvalue weighted by molar-refractivity contribution is 5.26. The lowest BCUT2D eigenvalue weighted by Crippen LogP contribution is -2.32. The lowest BCUT2D eigenvalue weighted by Gasteiger charge is -2.14. The number of hydrogen-bond acceptors (Lipinski definition) is 3. The highest BCUT2D eigenvalue weighted by Crippen LogP contribution is 2.20. The Morgan fingerprint density at radius 2 is 1.82 bits per heavy atom. The first kappa shape index (κ1) is 13.8. The first-order chi connectivity index (χ1) is 7.93. The molecule has 3 nitrogen and oxygen atoms in total. The van der Waals surface area contributed by atoms with E-state index in [4.69, 9.17) is 14.6 Å². The van der Waals surface area contributed by atoms with Crippen molar-refractivity contribution in [2.75, 3.05) is 13.7 Å². The first-order valence-electron chi connectivity index (χ1n) is 4.89. The van der Waals surface area contributed by atoms with Gasteiger partial charge < -0.3 is 14.6 Å². The highest BCUT2D eigenvalue weighted by Gasteiger charge is 2.38. The van der Waals surface area contributed by atoms with Gasteiger partial charge in [-0.05, 0) is 17.7 Å². The smallest absolute Gasteiger partial charge is 0.416 e. The van der Waals surface area contributed by atoms with Crippen LogP contribution in [-0.2, 0) is 11.3 Å². The molecule has 0 aliphatic heterocycles. The van der Waals surface area contributed by atoms with Gasteiger partial charge in [0.2, 0.25) is 0 Å². The van der Waals surface area contributed by atoms with E-state index in [1.807, 2.05) is 0 Å². The van der Waals surface area contributed by atoms with Crippen molar-refractivity contribution in [1.82, 2.24) is 0 Å². The largest absolute Gasteiger partial charge is 0.497 e. The summed E-state index contributed by atoms with van der Waals surface area (Å²) < 4.78 is 45.5. The summed E-state index contributed by atoms with van der Waals surface area (Å²) in [6, 6.07) is 6.72. The summed E-state index contributed by atoms with van der Waals surface area (Å²) in [7, 11) is 1.52. The van der Waals surface area contributed by atoms with E-state index < -0.39 is 18.9 Å². The molecule has 0 saturated carbocycles. The number of aliphatic hydroxyl groups excluding tert-OH is 1. The molecule has 6 heteroatoms. The van der Waals surface area contributed by atoms with Crippen LogP contribution in [-0.4, -0.2) is 31.1 Å². The lowest BCUT2D eigenvalue weighted by molar-refractivity contribution is -0.218. The second kappa shape index (κ2) is 5.88. The average Bonchev–Trinajstić information content (AvgIpc) is 2.28. The Morgan fingerprint density at radius 3 is 2.29 bits per heavy atom. The maximum absolute atomic E-state index is 11.9. The fourth-order valence-electron chi connectivity index (χ4n) is 1.10. The van der Waals surface area contributed by atoms with E-state index in [0.29, 0.717) is 11.3 Å². The molecule has 1 rings (SSSR count). The zero-order valence-electron chi connectivity index (χ0n) is 9.20. The molecule has 0 bridgehead atoms. The van der Waals surface area contributed by atoms with E-state index in [2.05, 4.69) is 0 Å². The van der Waals surface area contributed by atoms with Gasteiger partial charge in [-0.15, -0.1) is 0 Å². The van der Waals surface area contributed by atoms with Crippen molar-refractivity contribution < 1.29 is 27.8 Å². The molecule has 1 aromatic rings. The van der Waals surface area contributed by atoms with E-state index in [-0.39, 0.29) is 6.61 Å². The number of hydrogen-bond donors (Lipinski definition) is 1. The van der Waals surface area contributed by atoms with Crippen LogP contribution in [0.1, 0.15) is 5.56 Å². The third-order valence-electron chi connectivity index (χ3n) is 2.08. The molecule has 0 unspecified atom stereocenters. The summed E-state index contributed by atoms with van der Waals surface area (Å²) in [5.41, 5.74) is 0.708. The van der Waals surface area contributed by atoms with Crippen molar-refractivity contribution in [3.8, 4) is 5.75 Å². The van der Waals surface area contributed by atoms with Crippen LogP contribution in [0.2, 0.25) is 0 Å². The molecular weight excluding hydrogens is 237 g/mol. The summed E-state index contributed by atoms with van der Waals surface area (Å²) in [5, 5.41) is 8.68. The van der Waals surface area contributed by atoms with Crippen LogP contribution in [0.4, 0.5) is 13.2 Å². The third kappa shape index (κ3) is 4.62. The number of aliphatic hydroxyl groups is 1. The minimum Gasteiger partial charge on any atom is -0.497 e. The molecule has 0 amide bonds. The molecular formula is C11H13F3O3. The van der Waals surface area contributed by atoms with E-state index in [1.54, 1.807) is 24.3 Å². The molecule has 1 atom stereocenters. The quantitative estimate of drug-likeness (QED) is 0.870. The predicted molar refractivity (Wildman–Crippen MR) is 54.7 cm³/mol. The van der Waals surface area contributed by atoms with Gasteiger partial charge in [0.05, 0.1) is 20.3 Å². The van der Waals surface area contributed by atoms with Gasteiger partial charge in [-0.2, -0.15) is 13.2 Å². The molecule has 17 heavy (non-hydrogen) atoms. The number of ether oxygens (including phenoxy) is 2. The predicted octanol–water partition coefficient (Wildman–Crippen LogP) is 2.13. The number of methoxy groups -OCH3 is 1. The number of alkyl halides is 3. The second-order valence-corrected chi connectivity index (χ2v) is 3.42. The second-order valence-electron chi connectivity index (χ2n) is 3.42. The zero-order chi connectivity index (χ0) is 12.9. The fraction of sp³-hybridized carbons (Fsp3) is 0.455. The van der Waals surface area contributed by atoms with Crippen LogP contribution in [0.5, 0.6) is 5.75 Å². The van der Waals surface area contributed by atoms with Crippen LogP contribution in [0.25, 0.3) is 0 Å². The molecule has 1 aromatic carbocycles. The Morgan fingerprint density at radius 1 is 1.24 bits per heavy atom. The maximum atomic E-state index is 11.9. The first-order valence-corrected chi connectivity index (χ1v) is 4.89. The SMILES string of the molecule is COc1ccc(COC[C@@H](O)C(F)(F)F)cc1. The molecule has 0 radical (unpaired) electrons. The monoisotopic (exact) mass is 250 g/mol. The molecule has 0 aliphatic rings. The van der Waals surface area contributed by atoms with Crippen molar-refractivity contribution in [2.24, 2.45) is 0 Å². The summed E-state index contributed by atoms with van der Waals surface area (Å²) in [6.07, 6.45) is -7.08. The summed E-state index contributed by atoms with van der Waals surface area (Å²) in [6.45, 7) is -0.757. The molecule has 0 saturated heterocycles. The Kier molecular flexibility index (Phi) is 4.77. The molecule has 0 heterocycles. The van der Waals surface area contributed by atoms with Crippen LogP contribution in [0.15, 0.2) is 24.3 Å². The summed E-state index contributed by atoms with van der Waals surface area (Å²) in [5.74, 6) is 0.657. The number of benzene rings is 1. The molecule has 0 aliphatic carbocycles. The normalized spacial score (nSPS) is 13.5.